The maximum atomic E-state index is 13.0. The zero-order valence-electron chi connectivity index (χ0n) is 14.2. The van der Waals surface area contributed by atoms with Gasteiger partial charge in [-0.05, 0) is 66.3 Å². The molecule has 0 aliphatic heterocycles. The van der Waals surface area contributed by atoms with Crippen molar-refractivity contribution in [2.75, 3.05) is 13.7 Å². The van der Waals surface area contributed by atoms with Crippen LogP contribution in [-0.4, -0.2) is 13.7 Å². The minimum absolute atomic E-state index is 0.188. The summed E-state index contributed by atoms with van der Waals surface area (Å²) in [6.07, 6.45) is 9.46. The highest BCUT2D eigenvalue weighted by molar-refractivity contribution is 5.63. The first-order valence-corrected chi connectivity index (χ1v) is 8.78. The van der Waals surface area contributed by atoms with Gasteiger partial charge in [0.2, 0.25) is 0 Å². The van der Waals surface area contributed by atoms with Crippen LogP contribution >= 0.6 is 0 Å². The lowest BCUT2D eigenvalue weighted by Gasteiger charge is -2.27. The molecule has 2 aromatic rings. The Morgan fingerprint density at radius 1 is 0.917 bits per heavy atom. The van der Waals surface area contributed by atoms with Gasteiger partial charge in [0.25, 0.3) is 0 Å². The van der Waals surface area contributed by atoms with Gasteiger partial charge < -0.3 is 4.74 Å². The number of hydrogen-bond acceptors (Lipinski definition) is 1. The van der Waals surface area contributed by atoms with Crippen LogP contribution in [0.2, 0.25) is 0 Å². The topological polar surface area (TPSA) is 9.23 Å². The third-order valence-electron chi connectivity index (χ3n) is 5.00. The highest BCUT2D eigenvalue weighted by Crippen LogP contribution is 2.36. The van der Waals surface area contributed by atoms with Crippen molar-refractivity contribution in [3.05, 3.63) is 72.1 Å². The molecule has 2 aromatic carbocycles. The van der Waals surface area contributed by atoms with Crippen molar-refractivity contribution >= 4 is 0 Å². The quantitative estimate of drug-likeness (QED) is 0.616. The van der Waals surface area contributed by atoms with E-state index in [1.165, 1.54) is 43.4 Å². The van der Waals surface area contributed by atoms with Crippen LogP contribution in [0.1, 0.15) is 37.2 Å². The second-order valence-corrected chi connectivity index (χ2v) is 6.62. The SMILES string of the molecule is COC/C=C/[C@H]1CC[C@H](c2ccc(-c3ccc(F)cc3)cc2)CC1. The van der Waals surface area contributed by atoms with Crippen LogP contribution in [0.5, 0.6) is 0 Å². The molecule has 1 fully saturated rings. The Hall–Kier alpha value is -1.93. The molecule has 1 nitrogen and oxygen atoms in total. The summed E-state index contributed by atoms with van der Waals surface area (Å²) in [6, 6.07) is 15.5. The van der Waals surface area contributed by atoms with Gasteiger partial charge in [0.1, 0.15) is 5.82 Å². The van der Waals surface area contributed by atoms with Gasteiger partial charge in [-0.15, -0.1) is 0 Å². The number of rotatable bonds is 5. The zero-order valence-corrected chi connectivity index (χ0v) is 14.2. The summed E-state index contributed by atoms with van der Waals surface area (Å²) in [4.78, 5) is 0. The highest BCUT2D eigenvalue weighted by atomic mass is 19.1. The molecule has 0 amide bonds. The minimum Gasteiger partial charge on any atom is -0.381 e. The Balaban J connectivity index is 1.59. The molecule has 0 heterocycles. The maximum Gasteiger partial charge on any atom is 0.123 e. The molecule has 1 aliphatic carbocycles. The normalized spacial score (nSPS) is 21.2. The van der Waals surface area contributed by atoms with Gasteiger partial charge >= 0.3 is 0 Å². The fourth-order valence-corrected chi connectivity index (χ4v) is 3.58. The molecule has 0 N–H and O–H groups in total. The average Bonchev–Trinajstić information content (AvgIpc) is 2.63. The van der Waals surface area contributed by atoms with Crippen molar-refractivity contribution in [1.29, 1.82) is 0 Å². The molecule has 0 unspecified atom stereocenters. The predicted molar refractivity (Wildman–Crippen MR) is 97.6 cm³/mol. The molecule has 0 atom stereocenters. The van der Waals surface area contributed by atoms with E-state index in [4.69, 9.17) is 4.74 Å². The van der Waals surface area contributed by atoms with E-state index in [2.05, 4.69) is 36.4 Å². The lowest BCUT2D eigenvalue weighted by molar-refractivity contribution is 0.233. The molecule has 2 heteroatoms. The second-order valence-electron chi connectivity index (χ2n) is 6.62. The Kier molecular flexibility index (Phi) is 5.81. The minimum atomic E-state index is -0.188. The molecule has 0 aromatic heterocycles. The van der Waals surface area contributed by atoms with Crippen LogP contribution in [0, 0.1) is 11.7 Å². The molecule has 0 spiro atoms. The maximum absolute atomic E-state index is 13.0. The zero-order chi connectivity index (χ0) is 16.8. The van der Waals surface area contributed by atoms with Gasteiger partial charge in [-0.1, -0.05) is 48.6 Å². The van der Waals surface area contributed by atoms with Crippen molar-refractivity contribution < 1.29 is 9.13 Å². The molecule has 1 saturated carbocycles. The number of methoxy groups -OCH3 is 1. The Morgan fingerprint density at radius 2 is 1.50 bits per heavy atom. The van der Waals surface area contributed by atoms with Gasteiger partial charge in [-0.2, -0.15) is 0 Å². The standard InChI is InChI=1S/C22H25FO/c1-24-16-2-3-17-4-6-18(7-5-17)19-8-10-20(11-9-19)21-12-14-22(23)15-13-21/h2-3,8-15,17-18H,4-7,16H2,1H3/b3-2+/t17-,18-. The third-order valence-corrected chi connectivity index (χ3v) is 5.00. The van der Waals surface area contributed by atoms with E-state index in [0.29, 0.717) is 18.4 Å². The largest absolute Gasteiger partial charge is 0.381 e. The first-order chi connectivity index (χ1) is 11.8. The van der Waals surface area contributed by atoms with Gasteiger partial charge in [0.05, 0.1) is 6.61 Å². The molecule has 0 bridgehead atoms. The van der Waals surface area contributed by atoms with Gasteiger partial charge in [-0.25, -0.2) is 4.39 Å². The van der Waals surface area contributed by atoms with Crippen LogP contribution < -0.4 is 0 Å². The van der Waals surface area contributed by atoms with Crippen LogP contribution in [0.15, 0.2) is 60.7 Å². The van der Waals surface area contributed by atoms with E-state index in [1.54, 1.807) is 7.11 Å². The van der Waals surface area contributed by atoms with E-state index < -0.39 is 0 Å². The van der Waals surface area contributed by atoms with Gasteiger partial charge in [0.15, 0.2) is 0 Å². The first kappa shape index (κ1) is 16.9. The molecule has 0 saturated heterocycles. The molecule has 3 rings (SSSR count). The van der Waals surface area contributed by atoms with Crippen molar-refractivity contribution in [3.8, 4) is 11.1 Å². The third kappa shape index (κ3) is 4.33. The number of halogens is 1. The Bertz CT molecular complexity index is 649. The van der Waals surface area contributed by atoms with Crippen LogP contribution in [-0.2, 0) is 4.74 Å². The lowest BCUT2D eigenvalue weighted by atomic mass is 9.78. The number of benzene rings is 2. The summed E-state index contributed by atoms with van der Waals surface area (Å²) in [5.41, 5.74) is 3.64. The van der Waals surface area contributed by atoms with E-state index in [1.807, 2.05) is 12.1 Å². The Morgan fingerprint density at radius 3 is 2.08 bits per heavy atom. The predicted octanol–water partition coefficient (Wildman–Crippen LogP) is 5.97. The fraction of sp³-hybridized carbons (Fsp3) is 0.364. The first-order valence-electron chi connectivity index (χ1n) is 8.78. The molecule has 0 radical (unpaired) electrons. The number of hydrogen-bond donors (Lipinski definition) is 0. The van der Waals surface area contributed by atoms with Crippen molar-refractivity contribution in [2.45, 2.75) is 31.6 Å². The van der Waals surface area contributed by atoms with Crippen LogP contribution in [0.4, 0.5) is 4.39 Å². The number of allylic oxidation sites excluding steroid dienone is 1. The fourth-order valence-electron chi connectivity index (χ4n) is 3.58. The molecule has 126 valence electrons. The molecule has 1 aliphatic rings. The summed E-state index contributed by atoms with van der Waals surface area (Å²) in [5, 5.41) is 0. The molecule has 24 heavy (non-hydrogen) atoms. The summed E-state index contributed by atoms with van der Waals surface area (Å²) in [7, 11) is 1.73. The molecular formula is C22H25FO. The van der Waals surface area contributed by atoms with E-state index >= 15 is 0 Å². The van der Waals surface area contributed by atoms with E-state index in [9.17, 15) is 4.39 Å². The second kappa shape index (κ2) is 8.25. The monoisotopic (exact) mass is 324 g/mol. The van der Waals surface area contributed by atoms with Gasteiger partial charge in [-0.3, -0.25) is 0 Å². The number of ether oxygens (including phenoxy) is 1. The molecular weight excluding hydrogens is 299 g/mol. The summed E-state index contributed by atoms with van der Waals surface area (Å²) in [5.74, 6) is 1.18. The van der Waals surface area contributed by atoms with Gasteiger partial charge in [0, 0.05) is 7.11 Å². The lowest BCUT2D eigenvalue weighted by Crippen LogP contribution is -2.11. The summed E-state index contributed by atoms with van der Waals surface area (Å²) in [6.45, 7) is 0.713. The Labute approximate surface area is 144 Å². The van der Waals surface area contributed by atoms with E-state index in [-0.39, 0.29) is 5.82 Å². The average molecular weight is 324 g/mol. The summed E-state index contributed by atoms with van der Waals surface area (Å²) < 4.78 is 18.1. The summed E-state index contributed by atoms with van der Waals surface area (Å²) >= 11 is 0. The highest BCUT2D eigenvalue weighted by Gasteiger charge is 2.20. The smallest absolute Gasteiger partial charge is 0.123 e. The van der Waals surface area contributed by atoms with Crippen molar-refractivity contribution in [2.24, 2.45) is 5.92 Å². The van der Waals surface area contributed by atoms with E-state index in [0.717, 1.165) is 11.1 Å². The van der Waals surface area contributed by atoms with Crippen LogP contribution in [0.3, 0.4) is 0 Å². The van der Waals surface area contributed by atoms with Crippen LogP contribution in [0.25, 0.3) is 11.1 Å². The van der Waals surface area contributed by atoms with Crippen molar-refractivity contribution in [1.82, 2.24) is 0 Å². The van der Waals surface area contributed by atoms with Crippen molar-refractivity contribution in [3.63, 3.8) is 0 Å².